The number of nitrogens with one attached hydrogen (secondary N) is 1. The molecule has 1 rings (SSSR count). The van der Waals surface area contributed by atoms with E-state index in [1.807, 2.05) is 6.92 Å². The number of carbonyl (C=O) groups is 1. The lowest BCUT2D eigenvalue weighted by Gasteiger charge is -2.16. The number of likely N-dealkylation sites (N-methyl/N-ethyl adjacent to an activating group) is 1. The van der Waals surface area contributed by atoms with Gasteiger partial charge in [0.1, 0.15) is 11.9 Å². The van der Waals surface area contributed by atoms with Crippen molar-refractivity contribution in [1.29, 1.82) is 0 Å². The first-order valence-corrected chi connectivity index (χ1v) is 5.06. The SMILES string of the molecule is Cc1nsc(N[C@H](C)C(=O)N(C)C)n1. The first-order valence-electron chi connectivity index (χ1n) is 4.28. The molecule has 0 bridgehead atoms. The molecule has 1 aromatic rings. The van der Waals surface area contributed by atoms with Gasteiger partial charge in [-0.25, -0.2) is 4.98 Å². The molecule has 14 heavy (non-hydrogen) atoms. The van der Waals surface area contributed by atoms with Gasteiger partial charge in [0, 0.05) is 25.6 Å². The van der Waals surface area contributed by atoms with Crippen LogP contribution in [0.1, 0.15) is 12.7 Å². The summed E-state index contributed by atoms with van der Waals surface area (Å²) in [6, 6.07) is -0.266. The Morgan fingerprint density at radius 1 is 1.57 bits per heavy atom. The van der Waals surface area contributed by atoms with Gasteiger partial charge in [-0.2, -0.15) is 4.37 Å². The van der Waals surface area contributed by atoms with Crippen LogP contribution in [0.25, 0.3) is 0 Å². The average Bonchev–Trinajstić information content (AvgIpc) is 2.49. The van der Waals surface area contributed by atoms with Crippen molar-refractivity contribution >= 4 is 22.6 Å². The Balaban J connectivity index is 2.57. The molecule has 0 aliphatic heterocycles. The summed E-state index contributed by atoms with van der Waals surface area (Å²) in [5, 5.41) is 3.68. The summed E-state index contributed by atoms with van der Waals surface area (Å²) in [6.07, 6.45) is 0. The number of amides is 1. The van der Waals surface area contributed by atoms with Crippen LogP contribution in [0, 0.1) is 6.92 Å². The fraction of sp³-hybridized carbons (Fsp3) is 0.625. The third-order valence-electron chi connectivity index (χ3n) is 1.68. The van der Waals surface area contributed by atoms with E-state index >= 15 is 0 Å². The van der Waals surface area contributed by atoms with E-state index in [-0.39, 0.29) is 11.9 Å². The number of hydrogen-bond acceptors (Lipinski definition) is 5. The fourth-order valence-corrected chi connectivity index (χ4v) is 1.65. The minimum atomic E-state index is -0.266. The van der Waals surface area contributed by atoms with Crippen LogP contribution in [0.3, 0.4) is 0 Å². The van der Waals surface area contributed by atoms with Crippen molar-refractivity contribution in [3.63, 3.8) is 0 Å². The van der Waals surface area contributed by atoms with Gasteiger partial charge < -0.3 is 10.2 Å². The van der Waals surface area contributed by atoms with Crippen molar-refractivity contribution in [2.75, 3.05) is 19.4 Å². The maximum absolute atomic E-state index is 11.5. The van der Waals surface area contributed by atoms with Crippen LogP contribution in [0.5, 0.6) is 0 Å². The molecule has 1 amide bonds. The average molecular weight is 214 g/mol. The Labute approximate surface area is 87.3 Å². The van der Waals surface area contributed by atoms with E-state index in [2.05, 4.69) is 14.7 Å². The van der Waals surface area contributed by atoms with Gasteiger partial charge in [-0.1, -0.05) is 0 Å². The Morgan fingerprint density at radius 3 is 2.64 bits per heavy atom. The Morgan fingerprint density at radius 2 is 2.21 bits per heavy atom. The van der Waals surface area contributed by atoms with Crippen molar-refractivity contribution in [2.24, 2.45) is 0 Å². The van der Waals surface area contributed by atoms with Crippen LogP contribution in [-0.4, -0.2) is 40.3 Å². The highest BCUT2D eigenvalue weighted by atomic mass is 32.1. The highest BCUT2D eigenvalue weighted by Gasteiger charge is 2.15. The van der Waals surface area contributed by atoms with Crippen LogP contribution in [0.15, 0.2) is 0 Å². The molecule has 0 unspecified atom stereocenters. The molecule has 0 aliphatic carbocycles. The Kier molecular flexibility index (Phi) is 3.40. The minimum Gasteiger partial charge on any atom is -0.349 e. The molecule has 0 saturated carbocycles. The highest BCUT2D eigenvalue weighted by Crippen LogP contribution is 2.11. The molecule has 1 atom stereocenters. The number of carbonyl (C=O) groups excluding carboxylic acids is 1. The van der Waals surface area contributed by atoms with Gasteiger partial charge in [0.05, 0.1) is 0 Å². The Hall–Kier alpha value is -1.17. The molecule has 5 nitrogen and oxygen atoms in total. The topological polar surface area (TPSA) is 58.1 Å². The molecule has 1 N–H and O–H groups in total. The summed E-state index contributed by atoms with van der Waals surface area (Å²) in [6.45, 7) is 3.62. The molecule has 0 aromatic carbocycles. The lowest BCUT2D eigenvalue weighted by molar-refractivity contribution is -0.129. The zero-order valence-corrected chi connectivity index (χ0v) is 9.55. The quantitative estimate of drug-likeness (QED) is 0.806. The zero-order chi connectivity index (χ0) is 10.7. The number of rotatable bonds is 3. The van der Waals surface area contributed by atoms with Gasteiger partial charge >= 0.3 is 0 Å². The smallest absolute Gasteiger partial charge is 0.244 e. The van der Waals surface area contributed by atoms with Gasteiger partial charge in [0.25, 0.3) is 0 Å². The van der Waals surface area contributed by atoms with E-state index in [1.54, 1.807) is 25.9 Å². The van der Waals surface area contributed by atoms with Gasteiger partial charge in [0.2, 0.25) is 11.0 Å². The molecular weight excluding hydrogens is 200 g/mol. The van der Waals surface area contributed by atoms with E-state index in [0.29, 0.717) is 5.13 Å². The molecule has 1 heterocycles. The summed E-state index contributed by atoms with van der Waals surface area (Å²) < 4.78 is 4.02. The molecule has 0 aliphatic rings. The van der Waals surface area contributed by atoms with E-state index in [1.165, 1.54) is 11.5 Å². The number of hydrogen-bond donors (Lipinski definition) is 1. The normalized spacial score (nSPS) is 12.3. The molecule has 6 heteroatoms. The molecular formula is C8H14N4OS. The van der Waals surface area contributed by atoms with Gasteiger partial charge in [-0.3, -0.25) is 4.79 Å². The maximum Gasteiger partial charge on any atom is 0.244 e. The van der Waals surface area contributed by atoms with Crippen molar-refractivity contribution in [1.82, 2.24) is 14.3 Å². The van der Waals surface area contributed by atoms with Crippen LogP contribution < -0.4 is 5.32 Å². The van der Waals surface area contributed by atoms with Crippen LogP contribution in [0.4, 0.5) is 5.13 Å². The molecule has 0 radical (unpaired) electrons. The second-order valence-corrected chi connectivity index (χ2v) is 4.00. The molecule has 78 valence electrons. The predicted molar refractivity (Wildman–Crippen MR) is 56.4 cm³/mol. The zero-order valence-electron chi connectivity index (χ0n) is 8.74. The third-order valence-corrected chi connectivity index (χ3v) is 2.42. The monoisotopic (exact) mass is 214 g/mol. The maximum atomic E-state index is 11.5. The summed E-state index contributed by atoms with van der Waals surface area (Å²) in [5.41, 5.74) is 0. The largest absolute Gasteiger partial charge is 0.349 e. The molecule has 0 fully saturated rings. The van der Waals surface area contributed by atoms with Crippen molar-refractivity contribution in [3.05, 3.63) is 5.82 Å². The third kappa shape index (κ3) is 2.66. The summed E-state index contributed by atoms with van der Waals surface area (Å²) in [5.74, 6) is 0.750. The second-order valence-electron chi connectivity index (χ2n) is 3.25. The molecule has 1 aromatic heterocycles. The van der Waals surface area contributed by atoms with Crippen molar-refractivity contribution < 1.29 is 4.79 Å². The first-order chi connectivity index (χ1) is 6.50. The van der Waals surface area contributed by atoms with E-state index in [0.717, 1.165) is 5.82 Å². The predicted octanol–water partition coefficient (Wildman–Crippen LogP) is 0.735. The van der Waals surface area contributed by atoms with E-state index in [9.17, 15) is 4.79 Å². The lowest BCUT2D eigenvalue weighted by atomic mass is 10.3. The minimum absolute atomic E-state index is 0.0258. The van der Waals surface area contributed by atoms with Gasteiger partial charge in [0.15, 0.2) is 0 Å². The van der Waals surface area contributed by atoms with Crippen molar-refractivity contribution in [3.8, 4) is 0 Å². The Bertz CT molecular complexity index is 323. The standard InChI is InChI=1S/C8H14N4OS/c1-5(7(13)12(3)4)9-8-10-6(2)11-14-8/h5H,1-4H3,(H,9,10,11)/t5-/m1/s1. The summed E-state index contributed by atoms with van der Waals surface area (Å²) >= 11 is 1.26. The van der Waals surface area contributed by atoms with Gasteiger partial charge in [-0.15, -0.1) is 0 Å². The molecule has 0 spiro atoms. The van der Waals surface area contributed by atoms with Crippen molar-refractivity contribution in [2.45, 2.75) is 19.9 Å². The van der Waals surface area contributed by atoms with Gasteiger partial charge in [-0.05, 0) is 13.8 Å². The molecule has 0 saturated heterocycles. The number of aromatic nitrogens is 2. The lowest BCUT2D eigenvalue weighted by Crippen LogP contribution is -2.36. The summed E-state index contributed by atoms with van der Waals surface area (Å²) in [4.78, 5) is 17.1. The van der Waals surface area contributed by atoms with Crippen LogP contribution >= 0.6 is 11.5 Å². The number of nitrogens with zero attached hydrogens (tertiary/aromatic N) is 3. The summed E-state index contributed by atoms with van der Waals surface area (Å²) in [7, 11) is 3.46. The van der Waals surface area contributed by atoms with Crippen LogP contribution in [-0.2, 0) is 4.79 Å². The number of anilines is 1. The fourth-order valence-electron chi connectivity index (χ4n) is 0.990. The van der Waals surface area contributed by atoms with Crippen LogP contribution in [0.2, 0.25) is 0 Å². The number of aryl methyl sites for hydroxylation is 1. The first kappa shape index (κ1) is 10.9. The van der Waals surface area contributed by atoms with E-state index in [4.69, 9.17) is 0 Å². The second kappa shape index (κ2) is 4.36. The highest BCUT2D eigenvalue weighted by molar-refractivity contribution is 7.09. The van der Waals surface area contributed by atoms with E-state index < -0.39 is 0 Å².